The summed E-state index contributed by atoms with van der Waals surface area (Å²) >= 11 is 7.07. The highest BCUT2D eigenvalue weighted by Gasteiger charge is 2.27. The summed E-state index contributed by atoms with van der Waals surface area (Å²) in [5.74, 6) is 0. The zero-order valence-corrected chi connectivity index (χ0v) is 13.3. The number of hydrogen-bond acceptors (Lipinski definition) is 4. The number of rotatable bonds is 1. The van der Waals surface area contributed by atoms with Crippen LogP contribution in [0.25, 0.3) is 10.1 Å². The second-order valence-corrected chi connectivity index (χ2v) is 7.93. The Morgan fingerprint density at radius 3 is 3.16 bits per heavy atom. The van der Waals surface area contributed by atoms with Crippen molar-refractivity contribution in [3.8, 4) is 0 Å². The fourth-order valence-electron chi connectivity index (χ4n) is 2.55. The predicted molar refractivity (Wildman–Crippen MR) is 87.9 cm³/mol. The van der Waals surface area contributed by atoms with Gasteiger partial charge >= 0.3 is 0 Å². The van der Waals surface area contributed by atoms with E-state index in [1.165, 1.54) is 15.6 Å². The van der Waals surface area contributed by atoms with Crippen molar-refractivity contribution in [1.29, 1.82) is 0 Å². The SMILES string of the molecule is BrC1=CN2CCC(c3csc4ccccc34)N=C2S1. The Morgan fingerprint density at radius 2 is 2.21 bits per heavy atom. The molecule has 0 saturated carbocycles. The van der Waals surface area contributed by atoms with Crippen LogP contribution in [0.1, 0.15) is 18.0 Å². The minimum Gasteiger partial charge on any atom is -0.326 e. The molecule has 0 N–H and O–H groups in total. The number of nitrogens with zero attached hydrogens (tertiary/aromatic N) is 2. The number of thiophene rings is 1. The summed E-state index contributed by atoms with van der Waals surface area (Å²) in [5.41, 5.74) is 1.39. The van der Waals surface area contributed by atoms with Crippen LogP contribution in [0.15, 0.2) is 44.7 Å². The fraction of sp³-hybridized carbons (Fsp3) is 0.214. The summed E-state index contributed by atoms with van der Waals surface area (Å²) in [4.78, 5) is 7.15. The number of amidine groups is 1. The number of thioether (sulfide) groups is 1. The minimum atomic E-state index is 0.307. The Balaban J connectivity index is 1.74. The molecule has 4 rings (SSSR count). The molecule has 2 aliphatic rings. The normalized spacial score (nSPS) is 22.4. The summed E-state index contributed by atoms with van der Waals surface area (Å²) in [7, 11) is 0. The third-order valence-electron chi connectivity index (χ3n) is 3.47. The molecule has 0 radical (unpaired) electrons. The van der Waals surface area contributed by atoms with Gasteiger partial charge in [0.1, 0.15) is 0 Å². The summed E-state index contributed by atoms with van der Waals surface area (Å²) in [6, 6.07) is 8.92. The maximum absolute atomic E-state index is 4.92. The van der Waals surface area contributed by atoms with Gasteiger partial charge < -0.3 is 4.90 Å². The van der Waals surface area contributed by atoms with Crippen molar-refractivity contribution < 1.29 is 0 Å². The van der Waals surface area contributed by atoms with E-state index in [0.717, 1.165) is 21.9 Å². The van der Waals surface area contributed by atoms with E-state index in [1.54, 1.807) is 11.8 Å². The van der Waals surface area contributed by atoms with Gasteiger partial charge in [-0.15, -0.1) is 11.3 Å². The standard InChI is InChI=1S/C14H11BrN2S2/c15-13-7-17-6-5-11(16-14(17)19-13)10-8-18-12-4-2-1-3-9(10)12/h1-4,7-8,11H,5-6H2. The first-order valence-electron chi connectivity index (χ1n) is 6.17. The Bertz CT molecular complexity index is 704. The zero-order valence-electron chi connectivity index (χ0n) is 10.0. The maximum atomic E-state index is 4.92. The monoisotopic (exact) mass is 350 g/mol. The van der Waals surface area contributed by atoms with E-state index in [0.29, 0.717) is 6.04 Å². The average Bonchev–Trinajstić information content (AvgIpc) is 2.99. The molecule has 1 aromatic carbocycles. The number of fused-ring (bicyclic) bond motifs is 2. The van der Waals surface area contributed by atoms with Crippen molar-refractivity contribution in [3.05, 3.63) is 45.2 Å². The predicted octanol–water partition coefficient (Wildman–Crippen LogP) is 4.94. The molecule has 0 saturated heterocycles. The van der Waals surface area contributed by atoms with Crippen molar-refractivity contribution in [3.63, 3.8) is 0 Å². The molecule has 0 spiro atoms. The van der Waals surface area contributed by atoms with Crippen LogP contribution in [-0.2, 0) is 0 Å². The summed E-state index contributed by atoms with van der Waals surface area (Å²) in [6.45, 7) is 1.05. The molecule has 0 bridgehead atoms. The highest BCUT2D eigenvalue weighted by molar-refractivity contribution is 9.14. The third kappa shape index (κ3) is 2.04. The van der Waals surface area contributed by atoms with Crippen LogP contribution in [0.3, 0.4) is 0 Å². The molecule has 1 aromatic heterocycles. The topological polar surface area (TPSA) is 15.6 Å². The largest absolute Gasteiger partial charge is 0.326 e. The Kier molecular flexibility index (Phi) is 2.94. The Labute approximate surface area is 128 Å². The van der Waals surface area contributed by atoms with Gasteiger partial charge in [-0.3, -0.25) is 4.99 Å². The number of aliphatic imine (C=N–C) groups is 1. The van der Waals surface area contributed by atoms with Crippen LogP contribution in [-0.4, -0.2) is 16.6 Å². The molecular weight excluding hydrogens is 340 g/mol. The molecule has 96 valence electrons. The van der Waals surface area contributed by atoms with Gasteiger partial charge in [0, 0.05) is 17.4 Å². The lowest BCUT2D eigenvalue weighted by Crippen LogP contribution is -2.27. The smallest absolute Gasteiger partial charge is 0.169 e. The zero-order chi connectivity index (χ0) is 12.8. The first-order chi connectivity index (χ1) is 9.31. The van der Waals surface area contributed by atoms with E-state index >= 15 is 0 Å². The van der Waals surface area contributed by atoms with E-state index in [2.05, 4.69) is 56.7 Å². The first kappa shape index (κ1) is 12.0. The van der Waals surface area contributed by atoms with Crippen LogP contribution in [0.2, 0.25) is 0 Å². The third-order valence-corrected chi connectivity index (χ3v) is 5.97. The van der Waals surface area contributed by atoms with Gasteiger partial charge in [0.25, 0.3) is 0 Å². The van der Waals surface area contributed by atoms with E-state index in [-0.39, 0.29) is 0 Å². The van der Waals surface area contributed by atoms with Crippen molar-refractivity contribution in [2.75, 3.05) is 6.54 Å². The maximum Gasteiger partial charge on any atom is 0.169 e. The van der Waals surface area contributed by atoms with Crippen molar-refractivity contribution in [2.24, 2.45) is 4.99 Å². The number of benzene rings is 1. The van der Waals surface area contributed by atoms with E-state index in [4.69, 9.17) is 4.99 Å². The molecule has 5 heteroatoms. The quantitative estimate of drug-likeness (QED) is 0.723. The van der Waals surface area contributed by atoms with Crippen LogP contribution in [0.4, 0.5) is 0 Å². The van der Waals surface area contributed by atoms with Crippen molar-refractivity contribution >= 4 is 54.3 Å². The lowest BCUT2D eigenvalue weighted by atomic mass is 10.0. The molecule has 2 aromatic rings. The van der Waals surface area contributed by atoms with Crippen LogP contribution >= 0.6 is 39.0 Å². The Morgan fingerprint density at radius 1 is 1.32 bits per heavy atom. The molecule has 1 unspecified atom stereocenters. The fourth-order valence-corrected chi connectivity index (χ4v) is 5.04. The first-order valence-corrected chi connectivity index (χ1v) is 8.66. The van der Waals surface area contributed by atoms with Crippen LogP contribution in [0.5, 0.6) is 0 Å². The molecular formula is C14H11BrN2S2. The molecule has 3 heterocycles. The molecule has 1 atom stereocenters. The van der Waals surface area contributed by atoms with E-state index in [1.807, 2.05) is 11.3 Å². The average molecular weight is 351 g/mol. The molecule has 0 fully saturated rings. The summed E-state index contributed by atoms with van der Waals surface area (Å²) in [6.07, 6.45) is 3.22. The Hall–Kier alpha value is -0.780. The van der Waals surface area contributed by atoms with Gasteiger partial charge in [-0.1, -0.05) is 18.2 Å². The van der Waals surface area contributed by atoms with Crippen molar-refractivity contribution in [2.45, 2.75) is 12.5 Å². The van der Waals surface area contributed by atoms with Gasteiger partial charge in [-0.25, -0.2) is 0 Å². The van der Waals surface area contributed by atoms with E-state index < -0.39 is 0 Å². The molecule has 2 nitrogen and oxygen atoms in total. The van der Waals surface area contributed by atoms with Crippen LogP contribution < -0.4 is 0 Å². The second-order valence-electron chi connectivity index (χ2n) is 4.63. The highest BCUT2D eigenvalue weighted by atomic mass is 79.9. The van der Waals surface area contributed by atoms with Gasteiger partial charge in [0.05, 0.1) is 9.86 Å². The molecule has 0 aliphatic carbocycles. The molecule has 19 heavy (non-hydrogen) atoms. The minimum absolute atomic E-state index is 0.307. The lowest BCUT2D eigenvalue weighted by Gasteiger charge is -2.25. The summed E-state index contributed by atoms with van der Waals surface area (Å²) < 4.78 is 2.51. The number of hydrogen-bond donors (Lipinski definition) is 0. The number of halogens is 1. The van der Waals surface area contributed by atoms with Crippen LogP contribution in [0, 0.1) is 0 Å². The summed E-state index contributed by atoms with van der Waals surface area (Å²) in [5, 5.41) is 4.76. The van der Waals surface area contributed by atoms with Crippen molar-refractivity contribution in [1.82, 2.24) is 4.90 Å². The van der Waals surface area contributed by atoms with Gasteiger partial charge in [0.2, 0.25) is 0 Å². The van der Waals surface area contributed by atoms with Gasteiger partial charge in [-0.2, -0.15) is 0 Å². The van der Waals surface area contributed by atoms with E-state index in [9.17, 15) is 0 Å². The van der Waals surface area contributed by atoms with Gasteiger partial charge in [-0.05, 0) is 56.5 Å². The molecule has 2 aliphatic heterocycles. The second kappa shape index (κ2) is 4.65. The highest BCUT2D eigenvalue weighted by Crippen LogP contribution is 2.41. The van der Waals surface area contributed by atoms with Gasteiger partial charge in [0.15, 0.2) is 5.17 Å². The lowest BCUT2D eigenvalue weighted by molar-refractivity contribution is 0.469. The molecule has 0 amide bonds.